The molecule has 1 saturated carbocycles. The van der Waals surface area contributed by atoms with Crippen LogP contribution in [0.15, 0.2) is 16.6 Å². The molecule has 1 heterocycles. The summed E-state index contributed by atoms with van der Waals surface area (Å²) < 4.78 is 12.4. The van der Waals surface area contributed by atoms with Gasteiger partial charge in [-0.3, -0.25) is 0 Å². The van der Waals surface area contributed by atoms with Gasteiger partial charge in [-0.15, -0.1) is 0 Å². The topological polar surface area (TPSA) is 50.7 Å². The summed E-state index contributed by atoms with van der Waals surface area (Å²) in [4.78, 5) is 0. The molecule has 0 unspecified atom stereocenters. The van der Waals surface area contributed by atoms with E-state index in [2.05, 4.69) is 27.3 Å². The van der Waals surface area contributed by atoms with Crippen molar-refractivity contribution in [2.75, 3.05) is 19.8 Å². The van der Waals surface area contributed by atoms with Crippen molar-refractivity contribution >= 4 is 15.9 Å². The van der Waals surface area contributed by atoms with Gasteiger partial charge < -0.3 is 19.9 Å². The summed E-state index contributed by atoms with van der Waals surface area (Å²) in [5.41, 5.74) is 1.07. The van der Waals surface area contributed by atoms with Crippen molar-refractivity contribution in [3.05, 3.63) is 22.2 Å². The lowest BCUT2D eigenvalue weighted by Crippen LogP contribution is -2.53. The number of hydrogen-bond donors (Lipinski definition) is 2. The van der Waals surface area contributed by atoms with E-state index in [9.17, 15) is 5.11 Å². The second-order valence-corrected chi connectivity index (χ2v) is 6.46. The summed E-state index contributed by atoms with van der Waals surface area (Å²) >= 11 is 3.55. The van der Waals surface area contributed by atoms with Gasteiger partial charge in [-0.1, -0.05) is 0 Å². The molecule has 20 heavy (non-hydrogen) atoms. The van der Waals surface area contributed by atoms with Crippen LogP contribution < -0.4 is 14.8 Å². The molecule has 1 aromatic rings. The number of hydrogen-bond acceptors (Lipinski definition) is 4. The van der Waals surface area contributed by atoms with E-state index in [1.54, 1.807) is 0 Å². The summed E-state index contributed by atoms with van der Waals surface area (Å²) in [6, 6.07) is 4.09. The number of halogens is 1. The van der Waals surface area contributed by atoms with Gasteiger partial charge in [0.2, 0.25) is 0 Å². The van der Waals surface area contributed by atoms with Crippen LogP contribution >= 0.6 is 15.9 Å². The van der Waals surface area contributed by atoms with Gasteiger partial charge in [0.25, 0.3) is 0 Å². The molecule has 3 rings (SSSR count). The van der Waals surface area contributed by atoms with Crippen molar-refractivity contribution in [3.8, 4) is 11.5 Å². The van der Waals surface area contributed by atoms with E-state index in [4.69, 9.17) is 9.47 Å². The third-order valence-corrected chi connectivity index (χ3v) is 4.73. The molecule has 2 N–H and O–H groups in total. The molecule has 1 aliphatic carbocycles. The van der Waals surface area contributed by atoms with Gasteiger partial charge in [0, 0.05) is 18.5 Å². The molecule has 1 aliphatic heterocycles. The SMILES string of the molecule is OCC1(NCc2cc(Br)c3c(c2)OCCCO3)CCC1. The fraction of sp³-hybridized carbons (Fsp3) is 0.600. The average molecular weight is 342 g/mol. The Morgan fingerprint density at radius 3 is 2.70 bits per heavy atom. The fourth-order valence-corrected chi connectivity index (χ4v) is 3.27. The van der Waals surface area contributed by atoms with Gasteiger partial charge in [-0.05, 0) is 52.9 Å². The zero-order chi connectivity index (χ0) is 14.0. The summed E-state index contributed by atoms with van der Waals surface area (Å²) in [7, 11) is 0. The smallest absolute Gasteiger partial charge is 0.175 e. The van der Waals surface area contributed by atoms with E-state index in [1.165, 1.54) is 6.42 Å². The Morgan fingerprint density at radius 2 is 2.00 bits per heavy atom. The zero-order valence-corrected chi connectivity index (χ0v) is 13.0. The van der Waals surface area contributed by atoms with Gasteiger partial charge in [-0.2, -0.15) is 0 Å². The summed E-state index contributed by atoms with van der Waals surface area (Å²) in [6.07, 6.45) is 4.20. The normalized spacial score (nSPS) is 20.1. The molecular weight excluding hydrogens is 322 g/mol. The van der Waals surface area contributed by atoms with Crippen molar-refractivity contribution in [2.45, 2.75) is 37.8 Å². The lowest BCUT2D eigenvalue weighted by Gasteiger charge is -2.41. The van der Waals surface area contributed by atoms with Crippen LogP contribution in [-0.2, 0) is 6.54 Å². The molecule has 0 saturated heterocycles. The van der Waals surface area contributed by atoms with Gasteiger partial charge in [0.15, 0.2) is 11.5 Å². The van der Waals surface area contributed by atoms with Crippen molar-refractivity contribution in [3.63, 3.8) is 0 Å². The van der Waals surface area contributed by atoms with Crippen LogP contribution in [0.3, 0.4) is 0 Å². The highest BCUT2D eigenvalue weighted by Gasteiger charge is 2.35. The highest BCUT2D eigenvalue weighted by atomic mass is 79.9. The van der Waals surface area contributed by atoms with E-state index in [0.717, 1.165) is 47.3 Å². The third kappa shape index (κ3) is 2.80. The van der Waals surface area contributed by atoms with Crippen molar-refractivity contribution in [1.82, 2.24) is 5.32 Å². The van der Waals surface area contributed by atoms with E-state index >= 15 is 0 Å². The van der Waals surface area contributed by atoms with Crippen molar-refractivity contribution in [2.24, 2.45) is 0 Å². The highest BCUT2D eigenvalue weighted by Crippen LogP contribution is 2.38. The van der Waals surface area contributed by atoms with Gasteiger partial charge in [0.05, 0.1) is 24.3 Å². The lowest BCUT2D eigenvalue weighted by atomic mass is 9.77. The maximum absolute atomic E-state index is 9.48. The molecular formula is C15H20BrNO3. The minimum absolute atomic E-state index is 0.0728. The van der Waals surface area contributed by atoms with E-state index in [0.29, 0.717) is 13.2 Å². The first-order chi connectivity index (χ1) is 9.72. The number of rotatable bonds is 4. The number of nitrogens with one attached hydrogen (secondary N) is 1. The second-order valence-electron chi connectivity index (χ2n) is 5.60. The predicted octanol–water partition coefficient (Wildman–Crippen LogP) is 2.62. The molecule has 0 aromatic heterocycles. The molecule has 2 aliphatic rings. The Balaban J connectivity index is 1.74. The maximum atomic E-state index is 9.48. The van der Waals surface area contributed by atoms with Gasteiger partial charge in [-0.25, -0.2) is 0 Å². The van der Waals surface area contributed by atoms with E-state index in [-0.39, 0.29) is 12.1 Å². The number of aliphatic hydroxyl groups excluding tert-OH is 1. The summed E-state index contributed by atoms with van der Waals surface area (Å²) in [5.74, 6) is 1.60. The minimum atomic E-state index is -0.0728. The van der Waals surface area contributed by atoms with Crippen LogP contribution in [-0.4, -0.2) is 30.5 Å². The fourth-order valence-electron chi connectivity index (χ4n) is 2.67. The van der Waals surface area contributed by atoms with Crippen LogP contribution in [0, 0.1) is 0 Å². The van der Waals surface area contributed by atoms with Gasteiger partial charge >= 0.3 is 0 Å². The zero-order valence-electron chi connectivity index (χ0n) is 11.5. The van der Waals surface area contributed by atoms with E-state index < -0.39 is 0 Å². The Kier molecular flexibility index (Phi) is 4.19. The first kappa shape index (κ1) is 14.2. The van der Waals surface area contributed by atoms with Crippen LogP contribution in [0.5, 0.6) is 11.5 Å². The van der Waals surface area contributed by atoms with Crippen LogP contribution in [0.1, 0.15) is 31.2 Å². The Morgan fingerprint density at radius 1 is 1.20 bits per heavy atom. The molecule has 0 amide bonds. The predicted molar refractivity (Wildman–Crippen MR) is 80.3 cm³/mol. The third-order valence-electron chi connectivity index (χ3n) is 4.14. The van der Waals surface area contributed by atoms with Crippen molar-refractivity contribution in [1.29, 1.82) is 0 Å². The minimum Gasteiger partial charge on any atom is -0.490 e. The first-order valence-electron chi connectivity index (χ1n) is 7.16. The molecule has 0 atom stereocenters. The standard InChI is InChI=1S/C15H20BrNO3/c16-12-7-11(9-17-15(10-18)3-1-4-15)8-13-14(12)20-6-2-5-19-13/h7-8,17-18H,1-6,9-10H2. The lowest BCUT2D eigenvalue weighted by molar-refractivity contribution is 0.0872. The Bertz CT molecular complexity index is 483. The van der Waals surface area contributed by atoms with Crippen LogP contribution in [0.4, 0.5) is 0 Å². The van der Waals surface area contributed by atoms with Gasteiger partial charge in [0.1, 0.15) is 0 Å². The Labute approximate surface area is 127 Å². The average Bonchev–Trinajstić information content (AvgIpc) is 2.63. The van der Waals surface area contributed by atoms with Crippen LogP contribution in [0.2, 0.25) is 0 Å². The maximum Gasteiger partial charge on any atom is 0.175 e. The first-order valence-corrected chi connectivity index (χ1v) is 7.96. The summed E-state index contributed by atoms with van der Waals surface area (Å²) in [6.45, 7) is 2.32. The molecule has 0 spiro atoms. The monoisotopic (exact) mass is 341 g/mol. The number of ether oxygens (including phenoxy) is 2. The second kappa shape index (κ2) is 5.92. The molecule has 110 valence electrons. The molecule has 0 radical (unpaired) electrons. The van der Waals surface area contributed by atoms with Crippen LogP contribution in [0.25, 0.3) is 0 Å². The number of aliphatic hydroxyl groups is 1. The molecule has 4 nitrogen and oxygen atoms in total. The largest absolute Gasteiger partial charge is 0.490 e. The molecule has 1 aromatic carbocycles. The molecule has 0 bridgehead atoms. The number of fused-ring (bicyclic) bond motifs is 1. The molecule has 1 fully saturated rings. The molecule has 5 heteroatoms. The Hall–Kier alpha value is -0.780. The highest BCUT2D eigenvalue weighted by molar-refractivity contribution is 9.10. The summed E-state index contributed by atoms with van der Waals surface area (Å²) in [5, 5.41) is 13.0. The van der Waals surface area contributed by atoms with Crippen molar-refractivity contribution < 1.29 is 14.6 Å². The quantitative estimate of drug-likeness (QED) is 0.883. The van der Waals surface area contributed by atoms with E-state index in [1.807, 2.05) is 6.07 Å². The number of benzene rings is 1.